The highest BCUT2D eigenvalue weighted by Gasteiger charge is 2.27. The van der Waals surface area contributed by atoms with Crippen LogP contribution in [0.3, 0.4) is 0 Å². The lowest BCUT2D eigenvalue weighted by Crippen LogP contribution is -2.28. The lowest BCUT2D eigenvalue weighted by molar-refractivity contribution is 0.229. The molecule has 13 heavy (non-hydrogen) atoms. The van der Waals surface area contributed by atoms with Crippen LogP contribution in [0.2, 0.25) is 0 Å². The van der Waals surface area contributed by atoms with Crippen LogP contribution in [-0.2, 0) is 0 Å². The summed E-state index contributed by atoms with van der Waals surface area (Å²) < 4.78 is 0. The summed E-state index contributed by atoms with van der Waals surface area (Å²) in [4.78, 5) is 0. The first-order chi connectivity index (χ1) is 5.89. The van der Waals surface area contributed by atoms with Crippen molar-refractivity contribution in [2.24, 2.45) is 23.0 Å². The van der Waals surface area contributed by atoms with Gasteiger partial charge in [-0.15, -0.1) is 0 Å². The molecule has 1 rings (SSSR count). The van der Waals surface area contributed by atoms with E-state index < -0.39 is 0 Å². The molecule has 0 aromatic rings. The van der Waals surface area contributed by atoms with E-state index in [1.165, 1.54) is 25.7 Å². The van der Waals surface area contributed by atoms with Gasteiger partial charge in [0.15, 0.2) is 0 Å². The Labute approximate surface area is 83.1 Å². The minimum atomic E-state index is 0.418. The van der Waals surface area contributed by atoms with E-state index in [4.69, 9.17) is 5.73 Å². The van der Waals surface area contributed by atoms with Gasteiger partial charge in [-0.1, -0.05) is 40.5 Å². The van der Waals surface area contributed by atoms with Crippen LogP contribution in [-0.4, -0.2) is 6.04 Å². The van der Waals surface area contributed by atoms with Gasteiger partial charge in [-0.05, 0) is 30.1 Å². The molecule has 2 N–H and O–H groups in total. The summed E-state index contributed by atoms with van der Waals surface area (Å²) in [5.41, 5.74) is 6.53. The summed E-state index contributed by atoms with van der Waals surface area (Å²) in [7, 11) is 0. The zero-order chi connectivity index (χ0) is 10.1. The van der Waals surface area contributed by atoms with Crippen molar-refractivity contribution in [2.75, 3.05) is 0 Å². The molecule has 1 aliphatic carbocycles. The average molecular weight is 183 g/mol. The Kier molecular flexibility index (Phi) is 3.39. The van der Waals surface area contributed by atoms with E-state index in [2.05, 4.69) is 27.7 Å². The summed E-state index contributed by atoms with van der Waals surface area (Å²) in [5.74, 6) is 1.71. The Balaban J connectivity index is 2.21. The van der Waals surface area contributed by atoms with Crippen LogP contribution in [0.15, 0.2) is 0 Å². The third kappa shape index (κ3) is 4.12. The van der Waals surface area contributed by atoms with E-state index >= 15 is 0 Å². The number of nitrogens with two attached hydrogens (primary N) is 1. The van der Waals surface area contributed by atoms with Gasteiger partial charge in [0.2, 0.25) is 0 Å². The number of rotatable bonds is 4. The molecule has 1 nitrogen and oxygen atoms in total. The van der Waals surface area contributed by atoms with Crippen LogP contribution in [0.25, 0.3) is 0 Å². The fourth-order valence-corrected chi connectivity index (χ4v) is 1.69. The molecule has 1 saturated carbocycles. The lowest BCUT2D eigenvalue weighted by atomic mass is 9.78. The van der Waals surface area contributed by atoms with Crippen molar-refractivity contribution in [3.63, 3.8) is 0 Å². The van der Waals surface area contributed by atoms with Gasteiger partial charge in [0.25, 0.3) is 0 Å². The highest BCUT2D eigenvalue weighted by Crippen LogP contribution is 2.36. The van der Waals surface area contributed by atoms with Crippen molar-refractivity contribution in [1.82, 2.24) is 0 Å². The van der Waals surface area contributed by atoms with E-state index in [0.29, 0.717) is 11.5 Å². The molecule has 1 fully saturated rings. The van der Waals surface area contributed by atoms with Crippen LogP contribution >= 0.6 is 0 Å². The highest BCUT2D eigenvalue weighted by molar-refractivity contribution is 4.81. The van der Waals surface area contributed by atoms with Gasteiger partial charge in [-0.2, -0.15) is 0 Å². The van der Waals surface area contributed by atoms with Crippen molar-refractivity contribution >= 4 is 0 Å². The SMILES string of the molecule is CC(CC(N)CC1CC1)C(C)(C)C. The monoisotopic (exact) mass is 183 g/mol. The molecule has 0 amide bonds. The fraction of sp³-hybridized carbons (Fsp3) is 1.00. The van der Waals surface area contributed by atoms with Crippen LogP contribution in [0.1, 0.15) is 53.4 Å². The van der Waals surface area contributed by atoms with Gasteiger partial charge in [-0.25, -0.2) is 0 Å². The molecule has 0 bridgehead atoms. The van der Waals surface area contributed by atoms with Crippen molar-refractivity contribution in [2.45, 2.75) is 59.4 Å². The van der Waals surface area contributed by atoms with Gasteiger partial charge in [0.05, 0.1) is 0 Å². The minimum absolute atomic E-state index is 0.418. The second-order valence-electron chi connectivity index (χ2n) is 5.94. The van der Waals surface area contributed by atoms with Crippen LogP contribution in [0.5, 0.6) is 0 Å². The first-order valence-electron chi connectivity index (χ1n) is 5.65. The van der Waals surface area contributed by atoms with Crippen molar-refractivity contribution in [3.05, 3.63) is 0 Å². The largest absolute Gasteiger partial charge is 0.328 e. The van der Waals surface area contributed by atoms with Crippen LogP contribution in [0.4, 0.5) is 0 Å². The number of hydrogen-bond acceptors (Lipinski definition) is 1. The summed E-state index contributed by atoms with van der Waals surface area (Å²) in [6.45, 7) is 9.25. The molecular formula is C12H25N. The van der Waals surface area contributed by atoms with Crippen molar-refractivity contribution in [1.29, 1.82) is 0 Å². The predicted octanol–water partition coefficient (Wildman–Crippen LogP) is 3.19. The maximum Gasteiger partial charge on any atom is 0.00442 e. The third-order valence-corrected chi connectivity index (χ3v) is 3.47. The van der Waals surface area contributed by atoms with Crippen LogP contribution < -0.4 is 5.73 Å². The van der Waals surface area contributed by atoms with Gasteiger partial charge in [0, 0.05) is 6.04 Å². The van der Waals surface area contributed by atoms with E-state index in [1.807, 2.05) is 0 Å². The van der Waals surface area contributed by atoms with E-state index in [-0.39, 0.29) is 0 Å². The van der Waals surface area contributed by atoms with Gasteiger partial charge >= 0.3 is 0 Å². The fourth-order valence-electron chi connectivity index (χ4n) is 1.69. The second-order valence-corrected chi connectivity index (χ2v) is 5.94. The Bertz CT molecular complexity index is 153. The smallest absolute Gasteiger partial charge is 0.00442 e. The first kappa shape index (κ1) is 11.0. The summed E-state index contributed by atoms with van der Waals surface area (Å²) in [6.07, 6.45) is 5.32. The van der Waals surface area contributed by atoms with Gasteiger partial charge < -0.3 is 5.73 Å². The molecule has 1 heteroatoms. The van der Waals surface area contributed by atoms with E-state index in [1.54, 1.807) is 0 Å². The lowest BCUT2D eigenvalue weighted by Gasteiger charge is -2.29. The summed E-state index contributed by atoms with van der Waals surface area (Å²) in [6, 6.07) is 0.446. The molecule has 2 unspecified atom stereocenters. The van der Waals surface area contributed by atoms with Crippen molar-refractivity contribution < 1.29 is 0 Å². The zero-order valence-corrected chi connectivity index (χ0v) is 9.64. The quantitative estimate of drug-likeness (QED) is 0.711. The van der Waals surface area contributed by atoms with Gasteiger partial charge in [0.1, 0.15) is 0 Å². The second kappa shape index (κ2) is 4.00. The molecule has 0 radical (unpaired) electrons. The molecule has 0 spiro atoms. The molecule has 0 heterocycles. The zero-order valence-electron chi connectivity index (χ0n) is 9.64. The summed E-state index contributed by atoms with van der Waals surface area (Å²) in [5, 5.41) is 0. The Morgan fingerprint density at radius 1 is 1.31 bits per heavy atom. The molecule has 0 aromatic heterocycles. The molecule has 78 valence electrons. The van der Waals surface area contributed by atoms with Crippen molar-refractivity contribution in [3.8, 4) is 0 Å². The predicted molar refractivity (Wildman–Crippen MR) is 58.6 cm³/mol. The Hall–Kier alpha value is -0.0400. The Morgan fingerprint density at radius 2 is 1.85 bits per heavy atom. The first-order valence-corrected chi connectivity index (χ1v) is 5.65. The molecular weight excluding hydrogens is 158 g/mol. The minimum Gasteiger partial charge on any atom is -0.328 e. The third-order valence-electron chi connectivity index (χ3n) is 3.47. The van der Waals surface area contributed by atoms with Crippen LogP contribution in [0, 0.1) is 17.3 Å². The Morgan fingerprint density at radius 3 is 2.23 bits per heavy atom. The van der Waals surface area contributed by atoms with E-state index in [0.717, 1.165) is 11.8 Å². The molecule has 0 saturated heterocycles. The molecule has 2 atom stereocenters. The molecule has 1 aliphatic rings. The number of hydrogen-bond donors (Lipinski definition) is 1. The van der Waals surface area contributed by atoms with E-state index in [9.17, 15) is 0 Å². The normalized spacial score (nSPS) is 22.8. The van der Waals surface area contributed by atoms with Gasteiger partial charge in [-0.3, -0.25) is 0 Å². The standard InChI is InChI=1S/C12H25N/c1-9(12(2,3)4)7-11(13)8-10-5-6-10/h9-11H,5-8,13H2,1-4H3. The highest BCUT2D eigenvalue weighted by atomic mass is 14.6. The maximum atomic E-state index is 6.11. The molecule has 0 aromatic carbocycles. The average Bonchev–Trinajstić information content (AvgIpc) is 2.68. The molecule has 0 aliphatic heterocycles. The topological polar surface area (TPSA) is 26.0 Å². The maximum absolute atomic E-state index is 6.11. The summed E-state index contributed by atoms with van der Waals surface area (Å²) >= 11 is 0.